The Bertz CT molecular complexity index is 1440. The predicted molar refractivity (Wildman–Crippen MR) is 159 cm³/mol. The Labute approximate surface area is 254 Å². The van der Waals surface area contributed by atoms with Crippen molar-refractivity contribution in [2.45, 2.75) is 91.7 Å². The van der Waals surface area contributed by atoms with Crippen molar-refractivity contribution in [3.05, 3.63) is 58.9 Å². The van der Waals surface area contributed by atoms with Gasteiger partial charge in [-0.3, -0.25) is 24.1 Å². The molecule has 0 spiro atoms. The third-order valence-corrected chi connectivity index (χ3v) is 12.4. The van der Waals surface area contributed by atoms with Crippen molar-refractivity contribution < 1.29 is 28.7 Å². The third-order valence-electron chi connectivity index (χ3n) is 12.4. The lowest BCUT2D eigenvalue weighted by Crippen LogP contribution is -2.50. The lowest BCUT2D eigenvalue weighted by atomic mass is 9.47. The first kappa shape index (κ1) is 28.5. The molecule has 228 valence electrons. The number of amides is 2. The van der Waals surface area contributed by atoms with Crippen molar-refractivity contribution in [1.29, 1.82) is 0 Å². The summed E-state index contributed by atoms with van der Waals surface area (Å²) >= 11 is 0. The van der Waals surface area contributed by atoms with Crippen LogP contribution >= 0.6 is 0 Å². The van der Waals surface area contributed by atoms with Crippen LogP contribution in [0.15, 0.2) is 53.3 Å². The van der Waals surface area contributed by atoms with Crippen LogP contribution in [0.1, 0.15) is 84.6 Å². The van der Waals surface area contributed by atoms with Gasteiger partial charge in [0.2, 0.25) is 11.8 Å². The number of carbonyl (C=O) groups excluding carboxylic acids is 4. The molecule has 7 rings (SSSR count). The lowest BCUT2D eigenvalue weighted by molar-refractivity contribution is -0.148. The van der Waals surface area contributed by atoms with Gasteiger partial charge in [-0.05, 0) is 84.2 Å². The van der Waals surface area contributed by atoms with E-state index in [1.165, 1.54) is 24.3 Å². The van der Waals surface area contributed by atoms with E-state index in [0.29, 0.717) is 29.9 Å². The van der Waals surface area contributed by atoms with E-state index in [1.54, 1.807) is 0 Å². The summed E-state index contributed by atoms with van der Waals surface area (Å²) in [6.45, 7) is 7.97. The zero-order chi connectivity index (χ0) is 30.3. The van der Waals surface area contributed by atoms with Gasteiger partial charge in [0, 0.05) is 26.7 Å². The fraction of sp³-hybridized carbons (Fsp3) is 0.611. The lowest BCUT2D eigenvalue weighted by Gasteiger charge is -2.57. The van der Waals surface area contributed by atoms with Crippen molar-refractivity contribution >= 4 is 23.8 Å². The van der Waals surface area contributed by atoms with Gasteiger partial charge >= 0.3 is 11.9 Å². The second kappa shape index (κ2) is 10.2. The van der Waals surface area contributed by atoms with Gasteiger partial charge in [0.15, 0.2) is 0 Å². The molecular formula is C36H43NO6. The summed E-state index contributed by atoms with van der Waals surface area (Å²) in [5.74, 6) is 0.258. The molecule has 4 fully saturated rings. The maximum absolute atomic E-state index is 14.1. The van der Waals surface area contributed by atoms with E-state index < -0.39 is 11.8 Å². The van der Waals surface area contributed by atoms with E-state index in [9.17, 15) is 19.2 Å². The number of hydrogen-bond donors (Lipinski definition) is 0. The van der Waals surface area contributed by atoms with Crippen molar-refractivity contribution in [1.82, 2.24) is 4.90 Å². The van der Waals surface area contributed by atoms with Crippen LogP contribution in [-0.4, -0.2) is 34.8 Å². The molecule has 1 aromatic rings. The quantitative estimate of drug-likeness (QED) is 0.240. The van der Waals surface area contributed by atoms with Crippen LogP contribution in [0, 0.1) is 46.3 Å². The van der Waals surface area contributed by atoms with Crippen molar-refractivity contribution in [2.24, 2.45) is 46.3 Å². The molecule has 0 bridgehead atoms. The maximum Gasteiger partial charge on any atom is 0.307 e. The first-order valence-corrected chi connectivity index (χ1v) is 16.2. The highest BCUT2D eigenvalue weighted by atomic mass is 16.5. The average molecular weight is 586 g/mol. The van der Waals surface area contributed by atoms with E-state index in [4.69, 9.17) is 9.47 Å². The van der Waals surface area contributed by atoms with Crippen molar-refractivity contribution in [2.75, 3.05) is 0 Å². The van der Waals surface area contributed by atoms with Gasteiger partial charge in [0.25, 0.3) is 0 Å². The van der Waals surface area contributed by atoms with E-state index >= 15 is 0 Å². The Morgan fingerprint density at radius 3 is 2.37 bits per heavy atom. The first-order chi connectivity index (χ1) is 20.5. The molecule has 1 aromatic carbocycles. The summed E-state index contributed by atoms with van der Waals surface area (Å²) in [6.07, 6.45) is 9.34. The molecule has 3 saturated carbocycles. The smallest absolute Gasteiger partial charge is 0.307 e. The van der Waals surface area contributed by atoms with Gasteiger partial charge in [-0.1, -0.05) is 55.8 Å². The largest absolute Gasteiger partial charge is 0.462 e. The predicted octanol–water partition coefficient (Wildman–Crippen LogP) is 6.13. The van der Waals surface area contributed by atoms with Gasteiger partial charge in [-0.25, -0.2) is 0 Å². The van der Waals surface area contributed by atoms with E-state index in [1.807, 2.05) is 30.3 Å². The number of rotatable bonds is 4. The highest BCUT2D eigenvalue weighted by Crippen LogP contribution is 2.70. The Morgan fingerprint density at radius 1 is 0.907 bits per heavy atom. The minimum Gasteiger partial charge on any atom is -0.462 e. The number of carbonyl (C=O) groups is 4. The van der Waals surface area contributed by atoms with Crippen LogP contribution in [0.2, 0.25) is 0 Å². The van der Waals surface area contributed by atoms with Gasteiger partial charge in [-0.2, -0.15) is 0 Å². The summed E-state index contributed by atoms with van der Waals surface area (Å²) in [5, 5.41) is 0. The van der Waals surface area contributed by atoms with Crippen LogP contribution < -0.4 is 0 Å². The first-order valence-electron chi connectivity index (χ1n) is 16.2. The Morgan fingerprint density at radius 2 is 1.65 bits per heavy atom. The molecule has 0 N–H and O–H groups in total. The number of allylic oxidation sites excluding steroid dienone is 3. The van der Waals surface area contributed by atoms with Gasteiger partial charge in [-0.15, -0.1) is 0 Å². The third kappa shape index (κ3) is 4.35. The number of fused-ring (bicyclic) bond motifs is 9. The normalized spacial score (nSPS) is 39.7. The maximum atomic E-state index is 14.1. The van der Waals surface area contributed by atoms with Gasteiger partial charge in [0.1, 0.15) is 11.9 Å². The Hall–Kier alpha value is -3.22. The van der Waals surface area contributed by atoms with E-state index in [0.717, 1.165) is 56.1 Å². The van der Waals surface area contributed by atoms with E-state index in [-0.39, 0.29) is 53.1 Å². The molecule has 5 aliphatic carbocycles. The number of imide groups is 1. The molecule has 1 heterocycles. The average Bonchev–Trinajstić information content (AvgIpc) is 3.40. The molecule has 0 aromatic heterocycles. The fourth-order valence-electron chi connectivity index (χ4n) is 10.7. The molecule has 43 heavy (non-hydrogen) atoms. The summed E-state index contributed by atoms with van der Waals surface area (Å²) in [7, 11) is 0. The molecular weight excluding hydrogens is 542 g/mol. The summed E-state index contributed by atoms with van der Waals surface area (Å²) in [5.41, 5.74) is 3.43. The number of ether oxygens (including phenoxy) is 2. The van der Waals surface area contributed by atoms with Crippen LogP contribution in [0.4, 0.5) is 0 Å². The van der Waals surface area contributed by atoms with Crippen LogP contribution in [-0.2, 0) is 35.2 Å². The topological polar surface area (TPSA) is 90.0 Å². The Kier molecular flexibility index (Phi) is 6.75. The van der Waals surface area contributed by atoms with Gasteiger partial charge < -0.3 is 9.47 Å². The Balaban J connectivity index is 1.22. The molecule has 0 unspecified atom stereocenters. The molecule has 1 saturated heterocycles. The summed E-state index contributed by atoms with van der Waals surface area (Å²) < 4.78 is 11.6. The molecule has 2 amide bonds. The number of nitrogens with zero attached hydrogens (tertiary/aromatic N) is 1. The minimum absolute atomic E-state index is 0.0327. The highest BCUT2D eigenvalue weighted by molar-refractivity contribution is 6.05. The number of hydrogen-bond acceptors (Lipinski definition) is 6. The zero-order valence-electron chi connectivity index (χ0n) is 25.8. The molecule has 6 aliphatic rings. The second-order valence-electron chi connectivity index (χ2n) is 14.5. The standard InChI is InChI=1S/C36H43NO6/c1-20(38)42-24-12-14-35(3)23(16-24)10-11-25-28(35)13-15-36(4)29(25)17-26-31-27(18-30(32(26)36)43-21(2)39)33(40)37(34(31)41)19-22-8-6-5-7-9-22/h5-10,24-29,31H,11-19H2,1-4H3/t24-,25-,26-,27-,28+,29+,31-,35+,36+/m1/s1. The molecule has 9 atom stereocenters. The molecule has 7 heteroatoms. The van der Waals surface area contributed by atoms with Crippen molar-refractivity contribution in [3.63, 3.8) is 0 Å². The fourth-order valence-corrected chi connectivity index (χ4v) is 10.7. The number of benzene rings is 1. The number of esters is 2. The van der Waals surface area contributed by atoms with Crippen LogP contribution in [0.25, 0.3) is 0 Å². The highest BCUT2D eigenvalue weighted by Gasteiger charge is 2.66. The summed E-state index contributed by atoms with van der Waals surface area (Å²) in [6, 6.07) is 9.69. The monoisotopic (exact) mass is 585 g/mol. The van der Waals surface area contributed by atoms with Crippen LogP contribution in [0.5, 0.6) is 0 Å². The SMILES string of the molecule is CC(=O)OC1=C2[C@H](C[C@H]3[C@@H]4CC=C5C[C@H](OC(C)=O)CC[C@]5(C)[C@H]4CC[C@]23C)[C@H]2C(=O)N(Cc3ccccc3)C(=O)[C@@H]2C1. The molecule has 0 radical (unpaired) electrons. The second-order valence-corrected chi connectivity index (χ2v) is 14.5. The van der Waals surface area contributed by atoms with Gasteiger partial charge in [0.05, 0.1) is 18.4 Å². The number of likely N-dealkylation sites (tertiary alicyclic amines) is 1. The minimum atomic E-state index is -0.481. The van der Waals surface area contributed by atoms with E-state index in [2.05, 4.69) is 19.9 Å². The van der Waals surface area contributed by atoms with Crippen molar-refractivity contribution in [3.8, 4) is 0 Å². The van der Waals surface area contributed by atoms with Crippen LogP contribution in [0.3, 0.4) is 0 Å². The zero-order valence-corrected chi connectivity index (χ0v) is 25.8. The molecule has 7 nitrogen and oxygen atoms in total. The molecule has 1 aliphatic heterocycles. The summed E-state index contributed by atoms with van der Waals surface area (Å²) in [4.78, 5) is 53.4.